The number of rotatable bonds is 10. The molecule has 7 aromatic carbocycles. The summed E-state index contributed by atoms with van der Waals surface area (Å²) >= 11 is 0. The minimum absolute atomic E-state index is 0.889. The van der Waals surface area contributed by atoms with Crippen LogP contribution in [0, 0.1) is 0 Å². The summed E-state index contributed by atoms with van der Waals surface area (Å²) in [6.07, 6.45) is 4.69. The van der Waals surface area contributed by atoms with Crippen LogP contribution in [-0.2, 0) is 6.42 Å². The molecule has 2 heterocycles. The number of para-hydroxylation sites is 5. The molecule has 1 aromatic heterocycles. The molecule has 0 amide bonds. The maximum absolute atomic E-state index is 3.88. The zero-order valence-corrected chi connectivity index (χ0v) is 29.0. The van der Waals surface area contributed by atoms with Gasteiger partial charge in [0.1, 0.15) is 0 Å². The molecule has 0 unspecified atom stereocenters. The van der Waals surface area contributed by atoms with E-state index in [9.17, 15) is 0 Å². The number of anilines is 5. The Morgan fingerprint density at radius 3 is 2.02 bits per heavy atom. The predicted molar refractivity (Wildman–Crippen MR) is 220 cm³/mol. The van der Waals surface area contributed by atoms with Gasteiger partial charge in [-0.1, -0.05) is 128 Å². The van der Waals surface area contributed by atoms with E-state index < -0.39 is 0 Å². The molecule has 1 N–H and O–H groups in total. The summed E-state index contributed by atoms with van der Waals surface area (Å²) in [6.45, 7) is 2.29. The van der Waals surface area contributed by atoms with Gasteiger partial charge in [0.05, 0.1) is 5.52 Å². The normalized spacial score (nSPS) is 11.7. The van der Waals surface area contributed by atoms with Crippen LogP contribution < -0.4 is 21.1 Å². The van der Waals surface area contributed by atoms with E-state index in [-0.39, 0.29) is 0 Å². The van der Waals surface area contributed by atoms with Gasteiger partial charge >= 0.3 is 0 Å². The van der Waals surface area contributed by atoms with Crippen molar-refractivity contribution in [2.24, 2.45) is 0 Å². The largest absolute Gasteiger partial charge is 0.355 e. The molecule has 4 heteroatoms. The third-order valence-electron chi connectivity index (χ3n) is 10.4. The van der Waals surface area contributed by atoms with E-state index in [1.165, 1.54) is 74.4 Å². The number of hydrogen-bond acceptors (Lipinski definition) is 2. The van der Waals surface area contributed by atoms with Crippen LogP contribution in [0.4, 0.5) is 28.4 Å². The molecule has 0 radical (unpaired) electrons. The van der Waals surface area contributed by atoms with Crippen LogP contribution in [0.1, 0.15) is 31.7 Å². The Kier molecular flexibility index (Phi) is 8.13. The van der Waals surface area contributed by atoms with E-state index in [0.717, 1.165) is 42.1 Å². The molecule has 0 fully saturated rings. The third-order valence-corrected chi connectivity index (χ3v) is 10.4. The van der Waals surface area contributed by atoms with Crippen molar-refractivity contribution in [1.82, 2.24) is 4.57 Å². The van der Waals surface area contributed by atoms with Crippen molar-refractivity contribution < 1.29 is 0 Å². The smallest absolute Gasteiger partial charge is 0.198 e. The highest BCUT2D eigenvalue weighted by Crippen LogP contribution is 2.41. The van der Waals surface area contributed by atoms with Crippen molar-refractivity contribution in [3.63, 3.8) is 0 Å². The summed E-state index contributed by atoms with van der Waals surface area (Å²) in [6, 6.07) is 59.6. The number of benzene rings is 7. The highest BCUT2D eigenvalue weighted by Gasteiger charge is 2.27. The fourth-order valence-corrected chi connectivity index (χ4v) is 8.02. The molecule has 9 rings (SSSR count). The standard InChI is InChI=1S/C47H40BN3/c1-2-3-7-17-33-30-41(46-45(31-33)51-44-27-15-14-24-39(44)40-25-16-26-42(48-46)47(40)51)38-29-28-37(32-43(38)49-34-18-8-4-9-19-34)50(35-20-10-5-11-21-35)36-22-12-6-13-23-36/h4-6,8-16,18-32,48-49H,2-3,7,17H2,1H3. The number of aryl methyl sites for hydroxylation is 1. The van der Waals surface area contributed by atoms with Gasteiger partial charge in [0, 0.05) is 56.0 Å². The second kappa shape index (κ2) is 13.4. The Morgan fingerprint density at radius 2 is 1.27 bits per heavy atom. The SMILES string of the molecule is CCCCCc1cc(-c2ccc(N(c3ccccc3)c3ccccc3)cc2Nc2ccccc2)c2c(c1)-n1c3ccccc3c3cccc(c31)B2. The molecule has 1 aliphatic rings. The molecule has 3 nitrogen and oxygen atoms in total. The quantitative estimate of drug-likeness (QED) is 0.117. The van der Waals surface area contributed by atoms with Gasteiger partial charge in [-0.3, -0.25) is 0 Å². The Morgan fingerprint density at radius 1 is 0.588 bits per heavy atom. The lowest BCUT2D eigenvalue weighted by Crippen LogP contribution is -2.37. The summed E-state index contributed by atoms with van der Waals surface area (Å²) in [4.78, 5) is 2.34. The minimum Gasteiger partial charge on any atom is -0.355 e. The van der Waals surface area contributed by atoms with Gasteiger partial charge in [-0.15, -0.1) is 0 Å². The molecule has 0 spiro atoms. The molecule has 51 heavy (non-hydrogen) atoms. The van der Waals surface area contributed by atoms with Gasteiger partial charge in [0.2, 0.25) is 0 Å². The highest BCUT2D eigenvalue weighted by molar-refractivity contribution is 6.73. The van der Waals surface area contributed by atoms with E-state index in [0.29, 0.717) is 0 Å². The van der Waals surface area contributed by atoms with Gasteiger partial charge in [0.25, 0.3) is 0 Å². The molecule has 0 atom stereocenters. The fraction of sp³-hybridized carbons (Fsp3) is 0.106. The van der Waals surface area contributed by atoms with E-state index in [2.05, 4.69) is 185 Å². The van der Waals surface area contributed by atoms with Gasteiger partial charge in [-0.2, -0.15) is 0 Å². The first kappa shape index (κ1) is 31.0. The van der Waals surface area contributed by atoms with Crippen molar-refractivity contribution in [1.29, 1.82) is 0 Å². The maximum Gasteiger partial charge on any atom is 0.198 e. The van der Waals surface area contributed by atoms with Crippen molar-refractivity contribution >= 4 is 68.4 Å². The van der Waals surface area contributed by atoms with Gasteiger partial charge in [0.15, 0.2) is 7.28 Å². The van der Waals surface area contributed by atoms with Crippen LogP contribution >= 0.6 is 0 Å². The molecule has 0 saturated carbocycles. The number of aromatic nitrogens is 1. The number of hydrogen-bond donors (Lipinski definition) is 1. The third kappa shape index (κ3) is 5.67. The summed E-state index contributed by atoms with van der Waals surface area (Å²) in [5, 5.41) is 6.53. The summed E-state index contributed by atoms with van der Waals surface area (Å²) < 4.78 is 2.55. The van der Waals surface area contributed by atoms with E-state index in [1.807, 2.05) is 0 Å². The van der Waals surface area contributed by atoms with E-state index in [4.69, 9.17) is 0 Å². The van der Waals surface area contributed by atoms with Gasteiger partial charge in [-0.25, -0.2) is 0 Å². The highest BCUT2D eigenvalue weighted by atomic mass is 15.1. The zero-order chi connectivity index (χ0) is 34.1. The Balaban J connectivity index is 1.28. The first-order valence-corrected chi connectivity index (χ1v) is 18.3. The number of fused-ring (bicyclic) bond motifs is 5. The topological polar surface area (TPSA) is 20.2 Å². The second-order valence-corrected chi connectivity index (χ2v) is 13.7. The first-order chi connectivity index (χ1) is 25.3. The van der Waals surface area contributed by atoms with Crippen LogP contribution in [0.25, 0.3) is 38.6 Å². The zero-order valence-electron chi connectivity index (χ0n) is 29.0. The second-order valence-electron chi connectivity index (χ2n) is 13.7. The Bertz CT molecular complexity index is 2450. The number of unbranched alkanes of at least 4 members (excludes halogenated alkanes) is 2. The molecular formula is C47H40BN3. The average Bonchev–Trinajstić information content (AvgIpc) is 3.52. The molecule has 1 aliphatic heterocycles. The van der Waals surface area contributed by atoms with Crippen molar-refractivity contribution in [2.45, 2.75) is 32.6 Å². The lowest BCUT2D eigenvalue weighted by molar-refractivity contribution is 0.717. The van der Waals surface area contributed by atoms with Gasteiger partial charge in [-0.05, 0) is 90.1 Å². The van der Waals surface area contributed by atoms with Crippen molar-refractivity contribution in [2.75, 3.05) is 10.2 Å². The Hall–Kier alpha value is -6.00. The lowest BCUT2D eigenvalue weighted by atomic mass is 9.59. The van der Waals surface area contributed by atoms with Crippen LogP contribution in [0.3, 0.4) is 0 Å². The molecule has 0 bridgehead atoms. The molecule has 0 aliphatic carbocycles. The van der Waals surface area contributed by atoms with Crippen molar-refractivity contribution in [3.05, 3.63) is 169 Å². The van der Waals surface area contributed by atoms with Crippen LogP contribution in [0.2, 0.25) is 0 Å². The average molecular weight is 658 g/mol. The molecule has 0 saturated heterocycles. The maximum atomic E-state index is 3.88. The summed E-state index contributed by atoms with van der Waals surface area (Å²) in [5.74, 6) is 0. The van der Waals surface area contributed by atoms with Gasteiger partial charge < -0.3 is 14.8 Å². The molecule has 246 valence electrons. The number of nitrogens with one attached hydrogen (secondary N) is 1. The van der Waals surface area contributed by atoms with Crippen molar-refractivity contribution in [3.8, 4) is 16.8 Å². The summed E-state index contributed by atoms with van der Waals surface area (Å²) in [5.41, 5.74) is 16.1. The van der Waals surface area contributed by atoms with Crippen LogP contribution in [0.15, 0.2) is 164 Å². The van der Waals surface area contributed by atoms with Crippen LogP contribution in [0.5, 0.6) is 0 Å². The van der Waals surface area contributed by atoms with Crippen LogP contribution in [-0.4, -0.2) is 11.8 Å². The van der Waals surface area contributed by atoms with E-state index in [1.54, 1.807) is 0 Å². The minimum atomic E-state index is 0.889. The summed E-state index contributed by atoms with van der Waals surface area (Å²) in [7, 11) is 0.889. The Labute approximate surface area is 301 Å². The lowest BCUT2D eigenvalue weighted by Gasteiger charge is -2.28. The van der Waals surface area contributed by atoms with E-state index >= 15 is 0 Å². The molecular weight excluding hydrogens is 617 g/mol. The number of nitrogens with zero attached hydrogens (tertiary/aromatic N) is 2. The molecule has 8 aromatic rings. The fourth-order valence-electron chi connectivity index (χ4n) is 8.02. The first-order valence-electron chi connectivity index (χ1n) is 18.3. The monoisotopic (exact) mass is 657 g/mol. The predicted octanol–water partition coefficient (Wildman–Crippen LogP) is 11.1.